The Labute approximate surface area is 200 Å². The molecule has 1 N–H and O–H groups in total. The molecule has 0 radical (unpaired) electrons. The van der Waals surface area contributed by atoms with Gasteiger partial charge in [-0.05, 0) is 29.9 Å². The van der Waals surface area contributed by atoms with Gasteiger partial charge in [0.2, 0.25) is 0 Å². The van der Waals surface area contributed by atoms with Crippen LogP contribution in [0.4, 0.5) is 10.6 Å². The lowest BCUT2D eigenvalue weighted by Crippen LogP contribution is -2.41. The number of anilines is 1. The lowest BCUT2D eigenvalue weighted by atomic mass is 9.96. The highest BCUT2D eigenvalue weighted by molar-refractivity contribution is 5.98. The lowest BCUT2D eigenvalue weighted by Gasteiger charge is -2.32. The molecule has 1 amide bonds. The van der Waals surface area contributed by atoms with Gasteiger partial charge in [0.1, 0.15) is 0 Å². The van der Waals surface area contributed by atoms with Crippen molar-refractivity contribution in [3.63, 3.8) is 0 Å². The van der Waals surface area contributed by atoms with Gasteiger partial charge in [0.15, 0.2) is 23.7 Å². The first-order valence-corrected chi connectivity index (χ1v) is 11.8. The number of oxazole rings is 1. The van der Waals surface area contributed by atoms with E-state index in [1.807, 2.05) is 46.8 Å². The topological polar surface area (TPSA) is 97.8 Å². The van der Waals surface area contributed by atoms with Crippen molar-refractivity contribution in [2.45, 2.75) is 60.9 Å². The maximum Gasteiger partial charge on any atom is 0.413 e. The maximum atomic E-state index is 13.7. The molecule has 1 aromatic carbocycles. The minimum absolute atomic E-state index is 0.121. The first-order valence-electron chi connectivity index (χ1n) is 11.8. The fraction of sp³-hybridized carbons (Fsp3) is 0.500. The molecular formula is C26H35N3O5. The van der Waals surface area contributed by atoms with E-state index in [1.54, 1.807) is 16.8 Å². The summed E-state index contributed by atoms with van der Waals surface area (Å²) in [5, 5.41) is 11.3. The van der Waals surface area contributed by atoms with Crippen molar-refractivity contribution in [2.75, 3.05) is 18.1 Å². The summed E-state index contributed by atoms with van der Waals surface area (Å²) in [5.41, 5.74) is 0.148. The number of rotatable bonds is 9. The summed E-state index contributed by atoms with van der Waals surface area (Å²) < 4.78 is 13.3. The fourth-order valence-electron chi connectivity index (χ4n) is 3.89. The van der Waals surface area contributed by atoms with E-state index in [9.17, 15) is 14.7 Å². The van der Waals surface area contributed by atoms with Gasteiger partial charge in [-0.1, -0.05) is 54.0 Å². The van der Waals surface area contributed by atoms with E-state index in [-0.39, 0.29) is 29.3 Å². The zero-order valence-electron chi connectivity index (χ0n) is 20.9. The van der Waals surface area contributed by atoms with E-state index in [0.29, 0.717) is 35.4 Å². The normalized spacial score (nSPS) is 11.9. The number of benzene rings is 1. The van der Waals surface area contributed by atoms with Crippen LogP contribution in [0, 0.1) is 11.3 Å². The van der Waals surface area contributed by atoms with Crippen molar-refractivity contribution < 1.29 is 19.1 Å². The molecular weight excluding hydrogens is 434 g/mol. The van der Waals surface area contributed by atoms with Crippen LogP contribution in [0.5, 0.6) is 5.75 Å². The van der Waals surface area contributed by atoms with Gasteiger partial charge in [-0.3, -0.25) is 14.3 Å². The number of hydrogen-bond donors (Lipinski definition) is 1. The Hall–Kier alpha value is -3.29. The van der Waals surface area contributed by atoms with Crippen LogP contribution in [0.3, 0.4) is 0 Å². The third-order valence-electron chi connectivity index (χ3n) is 5.33. The molecule has 2 heterocycles. The van der Waals surface area contributed by atoms with E-state index in [0.717, 1.165) is 18.4 Å². The molecule has 8 heteroatoms. The Morgan fingerprint density at radius 2 is 2.00 bits per heavy atom. The molecule has 184 valence electrons. The number of nitrogens with zero attached hydrogens (tertiary/aromatic N) is 3. The average Bonchev–Trinajstić information content (AvgIpc) is 3.29. The zero-order chi connectivity index (χ0) is 25.0. The minimum atomic E-state index is -1.13. The molecule has 0 saturated heterocycles. The number of carboxylic acid groups (broad SMARTS) is 1. The van der Waals surface area contributed by atoms with Gasteiger partial charge >= 0.3 is 6.09 Å². The fourth-order valence-corrected chi connectivity index (χ4v) is 3.89. The van der Waals surface area contributed by atoms with Crippen molar-refractivity contribution in [1.82, 2.24) is 9.55 Å². The molecule has 3 aromatic rings. The van der Waals surface area contributed by atoms with Crippen LogP contribution >= 0.6 is 0 Å². The van der Waals surface area contributed by atoms with Crippen LogP contribution in [0.2, 0.25) is 0 Å². The number of amides is 1. The molecule has 2 aromatic heterocycles. The van der Waals surface area contributed by atoms with Gasteiger partial charge in [0, 0.05) is 24.0 Å². The van der Waals surface area contributed by atoms with Crippen molar-refractivity contribution in [3.05, 3.63) is 41.1 Å². The van der Waals surface area contributed by atoms with Gasteiger partial charge < -0.3 is 14.3 Å². The number of fused-ring (bicyclic) bond motifs is 1. The zero-order valence-corrected chi connectivity index (χ0v) is 20.9. The van der Waals surface area contributed by atoms with Crippen LogP contribution in [0.1, 0.15) is 54.4 Å². The largest absolute Gasteiger partial charge is 0.489 e. The van der Waals surface area contributed by atoms with Gasteiger partial charge in [0.05, 0.1) is 18.2 Å². The molecule has 0 aliphatic carbocycles. The summed E-state index contributed by atoms with van der Waals surface area (Å²) in [5.74, 6) is 1.35. The first kappa shape index (κ1) is 25.3. The third kappa shape index (κ3) is 5.61. The van der Waals surface area contributed by atoms with E-state index in [4.69, 9.17) is 9.15 Å². The van der Waals surface area contributed by atoms with Crippen LogP contribution in [0.25, 0.3) is 22.1 Å². The molecule has 0 saturated carbocycles. The second-order valence-corrected chi connectivity index (χ2v) is 10.2. The summed E-state index contributed by atoms with van der Waals surface area (Å²) in [4.78, 5) is 31.5. The molecule has 0 unspecified atom stereocenters. The summed E-state index contributed by atoms with van der Waals surface area (Å²) in [6.07, 6.45) is 3.55. The van der Waals surface area contributed by atoms with Gasteiger partial charge in [-0.2, -0.15) is 0 Å². The number of unbranched alkanes of at least 4 members (excludes halogenated alkanes) is 1. The van der Waals surface area contributed by atoms with E-state index < -0.39 is 6.09 Å². The van der Waals surface area contributed by atoms with Gasteiger partial charge in [0.25, 0.3) is 5.56 Å². The number of ether oxygens (including phenoxy) is 1. The van der Waals surface area contributed by atoms with Gasteiger partial charge in [-0.25, -0.2) is 9.78 Å². The Balaban J connectivity index is 2.40. The third-order valence-corrected chi connectivity index (χ3v) is 5.33. The molecule has 3 rings (SSSR count). The number of aromatic nitrogens is 2. The van der Waals surface area contributed by atoms with Crippen LogP contribution < -0.4 is 15.2 Å². The summed E-state index contributed by atoms with van der Waals surface area (Å²) >= 11 is 0. The van der Waals surface area contributed by atoms with Crippen LogP contribution in [-0.2, 0) is 6.54 Å². The van der Waals surface area contributed by atoms with Crippen LogP contribution in [0.15, 0.2) is 40.0 Å². The molecule has 34 heavy (non-hydrogen) atoms. The average molecular weight is 470 g/mol. The molecule has 0 spiro atoms. The highest BCUT2D eigenvalue weighted by Crippen LogP contribution is 2.38. The van der Waals surface area contributed by atoms with Crippen molar-refractivity contribution in [1.29, 1.82) is 0 Å². The van der Waals surface area contributed by atoms with E-state index >= 15 is 0 Å². The Morgan fingerprint density at radius 1 is 1.26 bits per heavy atom. The lowest BCUT2D eigenvalue weighted by molar-refractivity contribution is 0.197. The second-order valence-electron chi connectivity index (χ2n) is 10.2. The van der Waals surface area contributed by atoms with E-state index in [2.05, 4.69) is 11.9 Å². The predicted octanol–water partition coefficient (Wildman–Crippen LogP) is 6.02. The second kappa shape index (κ2) is 10.3. The van der Waals surface area contributed by atoms with Crippen molar-refractivity contribution in [3.8, 4) is 17.1 Å². The molecule has 0 fully saturated rings. The smallest absolute Gasteiger partial charge is 0.413 e. The summed E-state index contributed by atoms with van der Waals surface area (Å²) in [6.45, 7) is 12.9. The first-order chi connectivity index (χ1) is 16.0. The van der Waals surface area contributed by atoms with E-state index in [1.165, 1.54) is 11.3 Å². The SMILES string of the molecule is CCCCOc1c(N(CC(C)(C)C)C(=O)O)n(CC(C)C)c(=O)c2ccc(-c3cnco3)cc12. The monoisotopic (exact) mass is 469 g/mol. The maximum absolute atomic E-state index is 13.7. The molecule has 0 atom stereocenters. The Morgan fingerprint density at radius 3 is 2.56 bits per heavy atom. The standard InChI is InChI=1S/C26H35N3O5/c1-7-8-11-33-22-20-12-18(21-13-27-16-34-21)9-10-19(20)24(30)28(14-17(2)3)23(22)29(25(31)32)15-26(4,5)6/h9-10,12-13,16-17H,7-8,11,14-15H2,1-6H3,(H,31,32). The number of pyridine rings is 1. The quantitative estimate of drug-likeness (QED) is 0.385. The minimum Gasteiger partial charge on any atom is -0.489 e. The number of carbonyl (C=O) groups is 1. The van der Waals surface area contributed by atoms with Crippen LogP contribution in [-0.4, -0.2) is 33.9 Å². The number of hydrogen-bond acceptors (Lipinski definition) is 5. The van der Waals surface area contributed by atoms with Gasteiger partial charge in [-0.15, -0.1) is 0 Å². The van der Waals surface area contributed by atoms with Crippen molar-refractivity contribution in [2.24, 2.45) is 11.3 Å². The highest BCUT2D eigenvalue weighted by Gasteiger charge is 2.30. The molecule has 0 bridgehead atoms. The summed E-state index contributed by atoms with van der Waals surface area (Å²) in [6, 6.07) is 5.38. The Kier molecular flexibility index (Phi) is 7.69. The molecule has 8 nitrogen and oxygen atoms in total. The highest BCUT2D eigenvalue weighted by atomic mass is 16.5. The Bertz CT molecular complexity index is 1190. The summed E-state index contributed by atoms with van der Waals surface area (Å²) in [7, 11) is 0. The molecule has 0 aliphatic heterocycles. The molecule has 0 aliphatic rings. The van der Waals surface area contributed by atoms with Crippen molar-refractivity contribution >= 4 is 22.7 Å². The predicted molar refractivity (Wildman–Crippen MR) is 134 cm³/mol.